The van der Waals surface area contributed by atoms with E-state index in [4.69, 9.17) is 4.74 Å². The maximum atomic E-state index is 13.6. The summed E-state index contributed by atoms with van der Waals surface area (Å²) in [5.41, 5.74) is 0.223. The Morgan fingerprint density at radius 1 is 1.24 bits per heavy atom. The van der Waals surface area contributed by atoms with Gasteiger partial charge in [0.2, 0.25) is 10.0 Å². The molecule has 1 amide bonds. The third kappa shape index (κ3) is 3.51. The number of methoxy groups -OCH3 is 1. The van der Waals surface area contributed by atoms with Crippen molar-refractivity contribution in [2.24, 2.45) is 0 Å². The average Bonchev–Trinajstić information content (AvgIpc) is 2.45. The molecule has 0 radical (unpaired) electrons. The van der Waals surface area contributed by atoms with E-state index >= 15 is 0 Å². The number of benzene rings is 1. The molecule has 21 heavy (non-hydrogen) atoms. The summed E-state index contributed by atoms with van der Waals surface area (Å²) < 4.78 is 42.6. The summed E-state index contributed by atoms with van der Waals surface area (Å²) in [6, 6.07) is 4.02. The molecule has 0 aliphatic carbocycles. The fourth-order valence-corrected chi connectivity index (χ4v) is 3.03. The second kappa shape index (κ2) is 5.98. The van der Waals surface area contributed by atoms with E-state index in [-0.39, 0.29) is 30.3 Å². The summed E-state index contributed by atoms with van der Waals surface area (Å²) in [7, 11) is -1.89. The van der Waals surface area contributed by atoms with Gasteiger partial charge in [0.1, 0.15) is 0 Å². The summed E-state index contributed by atoms with van der Waals surface area (Å²) in [5, 5.41) is 0. The van der Waals surface area contributed by atoms with Crippen molar-refractivity contribution in [1.82, 2.24) is 9.21 Å². The third-order valence-electron chi connectivity index (χ3n) is 3.39. The molecule has 116 valence electrons. The second-order valence-corrected chi connectivity index (χ2v) is 6.79. The monoisotopic (exact) mass is 316 g/mol. The zero-order valence-electron chi connectivity index (χ0n) is 11.9. The second-order valence-electron chi connectivity index (χ2n) is 4.80. The Morgan fingerprint density at radius 3 is 2.33 bits per heavy atom. The summed E-state index contributed by atoms with van der Waals surface area (Å²) in [6.45, 7) is 1.09. The predicted octanol–water partition coefficient (Wildman–Crippen LogP) is 0.552. The molecule has 0 saturated carbocycles. The Bertz CT molecular complexity index is 640. The number of carbonyl (C=O) groups is 1. The van der Waals surface area contributed by atoms with Crippen molar-refractivity contribution in [2.75, 3.05) is 39.5 Å². The minimum Gasteiger partial charge on any atom is -0.494 e. The van der Waals surface area contributed by atoms with Gasteiger partial charge in [-0.1, -0.05) is 0 Å². The molecule has 0 N–H and O–H groups in total. The minimum absolute atomic E-state index is 0.0773. The normalized spacial score (nSPS) is 16.8. The van der Waals surface area contributed by atoms with Gasteiger partial charge in [-0.25, -0.2) is 12.8 Å². The zero-order chi connectivity index (χ0) is 15.6. The summed E-state index contributed by atoms with van der Waals surface area (Å²) in [4.78, 5) is 13.8. The lowest BCUT2D eigenvalue weighted by Crippen LogP contribution is -2.50. The van der Waals surface area contributed by atoms with E-state index in [9.17, 15) is 17.6 Å². The van der Waals surface area contributed by atoms with Crippen molar-refractivity contribution < 1.29 is 22.3 Å². The highest BCUT2D eigenvalue weighted by Gasteiger charge is 2.26. The van der Waals surface area contributed by atoms with Crippen LogP contribution in [-0.2, 0) is 10.0 Å². The molecule has 1 aromatic rings. The number of amides is 1. The van der Waals surface area contributed by atoms with Crippen LogP contribution in [0.4, 0.5) is 4.39 Å². The first-order chi connectivity index (χ1) is 9.82. The van der Waals surface area contributed by atoms with Crippen LogP contribution in [0.3, 0.4) is 0 Å². The van der Waals surface area contributed by atoms with E-state index in [1.807, 2.05) is 0 Å². The fourth-order valence-electron chi connectivity index (χ4n) is 2.20. The molecule has 1 heterocycles. The van der Waals surface area contributed by atoms with Crippen LogP contribution < -0.4 is 4.74 Å². The first kappa shape index (κ1) is 15.7. The van der Waals surface area contributed by atoms with Gasteiger partial charge in [-0.05, 0) is 18.2 Å². The van der Waals surface area contributed by atoms with E-state index in [2.05, 4.69) is 0 Å². The van der Waals surface area contributed by atoms with Gasteiger partial charge >= 0.3 is 0 Å². The maximum Gasteiger partial charge on any atom is 0.254 e. The molecule has 1 saturated heterocycles. The first-order valence-electron chi connectivity index (χ1n) is 6.41. The van der Waals surface area contributed by atoms with E-state index in [0.717, 1.165) is 12.3 Å². The van der Waals surface area contributed by atoms with E-state index in [1.165, 1.54) is 28.4 Å². The molecule has 0 unspecified atom stereocenters. The molecule has 0 bridgehead atoms. The van der Waals surface area contributed by atoms with Gasteiger partial charge < -0.3 is 9.64 Å². The number of hydrogen-bond acceptors (Lipinski definition) is 4. The molecule has 8 heteroatoms. The molecule has 6 nitrogen and oxygen atoms in total. The molecule has 0 atom stereocenters. The van der Waals surface area contributed by atoms with Gasteiger partial charge in [0.25, 0.3) is 5.91 Å². The number of rotatable bonds is 3. The molecule has 1 fully saturated rings. The van der Waals surface area contributed by atoms with Crippen molar-refractivity contribution in [3.63, 3.8) is 0 Å². The van der Waals surface area contributed by atoms with Gasteiger partial charge in [0.15, 0.2) is 11.6 Å². The van der Waals surface area contributed by atoms with Crippen molar-refractivity contribution >= 4 is 15.9 Å². The summed E-state index contributed by atoms with van der Waals surface area (Å²) in [6.07, 6.45) is 1.14. The molecule has 0 spiro atoms. The summed E-state index contributed by atoms with van der Waals surface area (Å²) in [5.74, 6) is -0.837. The van der Waals surface area contributed by atoms with Gasteiger partial charge in [-0.3, -0.25) is 4.79 Å². The predicted molar refractivity (Wildman–Crippen MR) is 75.3 cm³/mol. The molecular weight excluding hydrogens is 299 g/mol. The molecule has 2 rings (SSSR count). The van der Waals surface area contributed by atoms with E-state index < -0.39 is 15.8 Å². The first-order valence-corrected chi connectivity index (χ1v) is 8.25. The molecular formula is C13H17FN2O4S. The smallest absolute Gasteiger partial charge is 0.254 e. The van der Waals surface area contributed by atoms with Crippen LogP contribution in [0.5, 0.6) is 5.75 Å². The number of sulfonamides is 1. The number of halogens is 1. The highest BCUT2D eigenvalue weighted by Crippen LogP contribution is 2.19. The summed E-state index contributed by atoms with van der Waals surface area (Å²) >= 11 is 0. The number of nitrogens with zero attached hydrogens (tertiary/aromatic N) is 2. The molecule has 1 aliphatic rings. The lowest BCUT2D eigenvalue weighted by molar-refractivity contribution is 0.0697. The number of ether oxygens (including phenoxy) is 1. The third-order valence-corrected chi connectivity index (χ3v) is 4.70. The van der Waals surface area contributed by atoms with Gasteiger partial charge in [0, 0.05) is 31.7 Å². The van der Waals surface area contributed by atoms with Crippen molar-refractivity contribution in [3.05, 3.63) is 29.6 Å². The minimum atomic E-state index is -3.24. The molecule has 0 aromatic heterocycles. The van der Waals surface area contributed by atoms with Crippen LogP contribution >= 0.6 is 0 Å². The molecule has 1 aliphatic heterocycles. The van der Waals surface area contributed by atoms with E-state index in [0.29, 0.717) is 13.1 Å². The highest BCUT2D eigenvalue weighted by atomic mass is 32.2. The highest BCUT2D eigenvalue weighted by molar-refractivity contribution is 7.88. The quantitative estimate of drug-likeness (QED) is 0.817. The number of hydrogen-bond donors (Lipinski definition) is 0. The molecule has 1 aromatic carbocycles. The van der Waals surface area contributed by atoms with Crippen LogP contribution in [0.2, 0.25) is 0 Å². The Kier molecular flexibility index (Phi) is 4.48. The standard InChI is InChI=1S/C13H17FN2O4S/c1-20-12-4-3-10(9-11(12)14)13(17)15-5-7-16(8-6-15)21(2,18)19/h3-4,9H,5-8H2,1-2H3. The van der Waals surface area contributed by atoms with Crippen LogP contribution in [-0.4, -0.2) is 63.1 Å². The van der Waals surface area contributed by atoms with E-state index in [1.54, 1.807) is 0 Å². The Morgan fingerprint density at radius 2 is 1.86 bits per heavy atom. The van der Waals surface area contributed by atoms with Crippen LogP contribution in [0, 0.1) is 5.82 Å². The maximum absolute atomic E-state index is 13.6. The van der Waals surface area contributed by atoms with Crippen molar-refractivity contribution in [1.29, 1.82) is 0 Å². The van der Waals surface area contributed by atoms with Gasteiger partial charge in [-0.15, -0.1) is 0 Å². The Hall–Kier alpha value is -1.67. The van der Waals surface area contributed by atoms with Crippen LogP contribution in [0.15, 0.2) is 18.2 Å². The topological polar surface area (TPSA) is 66.9 Å². The zero-order valence-corrected chi connectivity index (χ0v) is 12.7. The van der Waals surface area contributed by atoms with Crippen molar-refractivity contribution in [2.45, 2.75) is 0 Å². The Labute approximate surface area is 123 Å². The SMILES string of the molecule is COc1ccc(C(=O)N2CCN(S(C)(=O)=O)CC2)cc1F. The fraction of sp³-hybridized carbons (Fsp3) is 0.462. The van der Waals surface area contributed by atoms with Gasteiger partial charge in [0.05, 0.1) is 13.4 Å². The average molecular weight is 316 g/mol. The lowest BCUT2D eigenvalue weighted by atomic mass is 10.1. The number of piperazine rings is 1. The van der Waals surface area contributed by atoms with Crippen LogP contribution in [0.1, 0.15) is 10.4 Å². The number of carbonyl (C=O) groups excluding carboxylic acids is 1. The Balaban J connectivity index is 2.07. The van der Waals surface area contributed by atoms with Crippen molar-refractivity contribution in [3.8, 4) is 5.75 Å². The van der Waals surface area contributed by atoms with Gasteiger partial charge in [-0.2, -0.15) is 4.31 Å². The largest absolute Gasteiger partial charge is 0.494 e. The lowest BCUT2D eigenvalue weighted by Gasteiger charge is -2.33. The van der Waals surface area contributed by atoms with Crippen LogP contribution in [0.25, 0.3) is 0 Å².